The number of carbonyl (C=O) groups is 3. The van der Waals surface area contributed by atoms with Crippen molar-refractivity contribution in [2.75, 3.05) is 13.1 Å². The Kier molecular flexibility index (Phi) is 6.38. The molecule has 3 rings (SSSR count). The highest BCUT2D eigenvalue weighted by atomic mass is 32.2. The van der Waals surface area contributed by atoms with Gasteiger partial charge in [-0.1, -0.05) is 12.1 Å². The van der Waals surface area contributed by atoms with Crippen LogP contribution in [-0.2, 0) is 24.3 Å². The van der Waals surface area contributed by atoms with Crippen molar-refractivity contribution in [1.82, 2.24) is 9.62 Å². The number of esters is 1. The van der Waals surface area contributed by atoms with Crippen LogP contribution in [0.3, 0.4) is 0 Å². The van der Waals surface area contributed by atoms with Crippen LogP contribution >= 0.6 is 0 Å². The summed E-state index contributed by atoms with van der Waals surface area (Å²) in [6, 6.07) is 6.03. The Hall–Kier alpha value is -2.26. The lowest BCUT2D eigenvalue weighted by atomic mass is 9.98. The first-order valence-corrected chi connectivity index (χ1v) is 11.2. The summed E-state index contributed by atoms with van der Waals surface area (Å²) in [7, 11) is -3.69. The monoisotopic (exact) mass is 422 g/mol. The third-order valence-electron chi connectivity index (χ3n) is 5.27. The third-order valence-corrected chi connectivity index (χ3v) is 7.18. The van der Waals surface area contributed by atoms with E-state index < -0.39 is 28.0 Å². The van der Waals surface area contributed by atoms with E-state index in [1.165, 1.54) is 35.5 Å². The van der Waals surface area contributed by atoms with E-state index in [0.717, 1.165) is 12.8 Å². The summed E-state index contributed by atoms with van der Waals surface area (Å²) in [5.74, 6) is -1.33. The number of hydrogen-bond donors (Lipinski definition) is 1. The van der Waals surface area contributed by atoms with Crippen LogP contribution in [0.2, 0.25) is 0 Å². The second-order valence-corrected chi connectivity index (χ2v) is 9.56. The van der Waals surface area contributed by atoms with Crippen LogP contribution in [0.4, 0.5) is 0 Å². The number of rotatable bonds is 7. The van der Waals surface area contributed by atoms with E-state index in [2.05, 4.69) is 5.32 Å². The Labute approximate surface area is 170 Å². The van der Waals surface area contributed by atoms with Gasteiger partial charge >= 0.3 is 5.97 Å². The Balaban J connectivity index is 1.54. The zero-order valence-corrected chi connectivity index (χ0v) is 17.4. The van der Waals surface area contributed by atoms with Gasteiger partial charge in [0, 0.05) is 24.7 Å². The number of ether oxygens (including phenoxy) is 1. The summed E-state index contributed by atoms with van der Waals surface area (Å²) in [5.41, 5.74) is 0.449. The number of amides is 1. The summed E-state index contributed by atoms with van der Waals surface area (Å²) >= 11 is 0. The second-order valence-electron chi connectivity index (χ2n) is 7.62. The number of hydrogen-bond acceptors (Lipinski definition) is 6. The minimum atomic E-state index is -3.69. The third kappa shape index (κ3) is 5.22. The highest BCUT2D eigenvalue weighted by Crippen LogP contribution is 2.25. The average molecular weight is 423 g/mol. The predicted octanol–water partition coefficient (Wildman–Crippen LogP) is 1.50. The van der Waals surface area contributed by atoms with Gasteiger partial charge in [0.15, 0.2) is 11.9 Å². The zero-order chi connectivity index (χ0) is 21.2. The summed E-state index contributed by atoms with van der Waals surface area (Å²) in [4.78, 5) is 35.7. The number of ketones is 1. The van der Waals surface area contributed by atoms with Crippen LogP contribution in [0, 0.1) is 5.92 Å². The highest BCUT2D eigenvalue weighted by Gasteiger charge is 2.34. The second kappa shape index (κ2) is 8.62. The van der Waals surface area contributed by atoms with Crippen LogP contribution in [0.15, 0.2) is 29.2 Å². The van der Waals surface area contributed by atoms with E-state index in [9.17, 15) is 22.8 Å². The lowest BCUT2D eigenvalue weighted by Crippen LogP contribution is -2.42. The van der Waals surface area contributed by atoms with E-state index in [0.29, 0.717) is 18.4 Å². The minimum absolute atomic E-state index is 0.119. The molecule has 2 aliphatic rings. The smallest absolute Gasteiger partial charge is 0.309 e. The average Bonchev–Trinajstić information content (AvgIpc) is 3.52. The summed E-state index contributed by atoms with van der Waals surface area (Å²) in [6.07, 6.45) is 1.72. The summed E-state index contributed by atoms with van der Waals surface area (Å²) in [6.45, 7) is 3.35. The highest BCUT2D eigenvalue weighted by molar-refractivity contribution is 7.89. The topological polar surface area (TPSA) is 110 Å². The Morgan fingerprint density at radius 3 is 2.17 bits per heavy atom. The number of piperidine rings is 1. The Bertz CT molecular complexity index is 884. The number of benzene rings is 1. The maximum atomic E-state index is 12.8. The van der Waals surface area contributed by atoms with Crippen LogP contribution in [0.1, 0.15) is 49.9 Å². The fourth-order valence-electron chi connectivity index (χ4n) is 3.21. The maximum absolute atomic E-state index is 12.8. The van der Waals surface area contributed by atoms with Gasteiger partial charge in [0.05, 0.1) is 10.8 Å². The molecule has 2 fully saturated rings. The molecule has 1 aliphatic carbocycles. The van der Waals surface area contributed by atoms with Gasteiger partial charge in [-0.15, -0.1) is 0 Å². The molecular weight excluding hydrogens is 396 g/mol. The molecule has 158 valence electrons. The van der Waals surface area contributed by atoms with Gasteiger partial charge < -0.3 is 10.1 Å². The lowest BCUT2D eigenvalue weighted by Gasteiger charge is -2.30. The molecule has 9 heteroatoms. The fraction of sp³-hybridized carbons (Fsp3) is 0.550. The van der Waals surface area contributed by atoms with Crippen LogP contribution in [-0.4, -0.2) is 55.6 Å². The molecule has 0 aromatic heterocycles. The molecule has 0 bridgehead atoms. The molecule has 0 radical (unpaired) electrons. The van der Waals surface area contributed by atoms with Gasteiger partial charge in [-0.25, -0.2) is 8.42 Å². The van der Waals surface area contributed by atoms with Crippen molar-refractivity contribution < 1.29 is 27.5 Å². The SMILES string of the molecule is CC(=O)c1ccc(S(=O)(=O)N2CCC(C(=O)O[C@H](C)C(=O)NC3CC3)CC2)cc1. The van der Waals surface area contributed by atoms with Crippen molar-refractivity contribution in [3.8, 4) is 0 Å². The maximum Gasteiger partial charge on any atom is 0.309 e. The van der Waals surface area contributed by atoms with Crippen molar-refractivity contribution in [1.29, 1.82) is 0 Å². The van der Waals surface area contributed by atoms with Gasteiger partial charge in [-0.3, -0.25) is 14.4 Å². The fourth-order valence-corrected chi connectivity index (χ4v) is 4.68. The summed E-state index contributed by atoms with van der Waals surface area (Å²) in [5, 5.41) is 2.79. The number of carbonyl (C=O) groups excluding carboxylic acids is 3. The minimum Gasteiger partial charge on any atom is -0.452 e. The molecule has 1 amide bonds. The molecule has 0 unspecified atom stereocenters. The normalized spacial score (nSPS) is 19.4. The molecule has 1 aliphatic heterocycles. The number of sulfonamides is 1. The van der Waals surface area contributed by atoms with Crippen molar-refractivity contribution >= 4 is 27.7 Å². The molecular formula is C20H26N2O6S. The van der Waals surface area contributed by atoms with Crippen LogP contribution in [0.25, 0.3) is 0 Å². The van der Waals surface area contributed by atoms with Gasteiger partial charge in [-0.2, -0.15) is 4.31 Å². The van der Waals surface area contributed by atoms with E-state index in [4.69, 9.17) is 4.74 Å². The number of Topliss-reactive ketones (excluding diaryl/α,β-unsaturated/α-hetero) is 1. The van der Waals surface area contributed by atoms with Gasteiger partial charge in [0.2, 0.25) is 10.0 Å². The Morgan fingerprint density at radius 1 is 1.07 bits per heavy atom. The van der Waals surface area contributed by atoms with E-state index >= 15 is 0 Å². The first-order valence-electron chi connectivity index (χ1n) is 9.80. The Morgan fingerprint density at radius 2 is 1.66 bits per heavy atom. The molecule has 1 atom stereocenters. The molecule has 0 spiro atoms. The molecule has 1 N–H and O–H groups in total. The van der Waals surface area contributed by atoms with Gasteiger partial charge in [-0.05, 0) is 51.7 Å². The van der Waals surface area contributed by atoms with Crippen molar-refractivity contribution in [3.63, 3.8) is 0 Å². The summed E-state index contributed by atoms with van der Waals surface area (Å²) < 4.78 is 32.2. The standard InChI is InChI=1S/C20H26N2O6S/c1-13(23)15-3-7-18(8-4-15)29(26,27)22-11-9-16(10-12-22)20(25)28-14(2)19(24)21-17-5-6-17/h3-4,7-8,14,16-17H,5-6,9-12H2,1-2H3,(H,21,24)/t14-/m1/s1. The largest absolute Gasteiger partial charge is 0.452 e. The molecule has 29 heavy (non-hydrogen) atoms. The zero-order valence-electron chi connectivity index (χ0n) is 16.6. The molecule has 1 saturated carbocycles. The van der Waals surface area contributed by atoms with E-state index in [1.54, 1.807) is 6.92 Å². The van der Waals surface area contributed by atoms with Crippen molar-refractivity contribution in [3.05, 3.63) is 29.8 Å². The van der Waals surface area contributed by atoms with Gasteiger partial charge in [0.1, 0.15) is 0 Å². The number of nitrogens with zero attached hydrogens (tertiary/aromatic N) is 1. The first-order chi connectivity index (χ1) is 13.7. The van der Waals surface area contributed by atoms with E-state index in [-0.39, 0.29) is 35.7 Å². The van der Waals surface area contributed by atoms with Crippen molar-refractivity contribution in [2.24, 2.45) is 5.92 Å². The predicted molar refractivity (Wildman–Crippen MR) is 105 cm³/mol. The van der Waals surface area contributed by atoms with Crippen LogP contribution in [0.5, 0.6) is 0 Å². The number of nitrogens with one attached hydrogen (secondary N) is 1. The quantitative estimate of drug-likeness (QED) is 0.527. The van der Waals surface area contributed by atoms with Gasteiger partial charge in [0.25, 0.3) is 5.91 Å². The molecule has 1 aromatic rings. The molecule has 1 aromatic carbocycles. The molecule has 8 nitrogen and oxygen atoms in total. The molecule has 1 heterocycles. The molecule has 1 saturated heterocycles. The van der Waals surface area contributed by atoms with Crippen molar-refractivity contribution in [2.45, 2.75) is 56.6 Å². The van der Waals surface area contributed by atoms with E-state index in [1.807, 2.05) is 0 Å². The first kappa shape index (κ1) is 21.4. The lowest BCUT2D eigenvalue weighted by molar-refractivity contribution is -0.159. The van der Waals surface area contributed by atoms with Crippen LogP contribution < -0.4 is 5.32 Å².